The topological polar surface area (TPSA) is 38.5 Å². The van der Waals surface area contributed by atoms with Gasteiger partial charge in [-0.1, -0.05) is 30.3 Å². The summed E-state index contributed by atoms with van der Waals surface area (Å²) in [5.41, 5.74) is 7.18. The van der Waals surface area contributed by atoms with Gasteiger partial charge in [-0.15, -0.1) is 0 Å². The Morgan fingerprint density at radius 1 is 1.42 bits per heavy atom. The number of benzene rings is 1. The summed E-state index contributed by atoms with van der Waals surface area (Å²) in [6, 6.07) is 10.5. The second-order valence-corrected chi connectivity index (χ2v) is 3.23. The van der Waals surface area contributed by atoms with E-state index in [9.17, 15) is 0 Å². The lowest BCUT2D eigenvalue weighted by molar-refractivity contribution is 0.371. The van der Waals surface area contributed by atoms with Crippen LogP contribution in [0.15, 0.2) is 30.3 Å². The van der Waals surface area contributed by atoms with E-state index < -0.39 is 0 Å². The number of hydrogen-bond donors (Lipinski definition) is 1. The largest absolute Gasteiger partial charge is 0.371 e. The van der Waals surface area contributed by atoms with Crippen molar-refractivity contribution in [2.45, 2.75) is 18.6 Å². The summed E-state index contributed by atoms with van der Waals surface area (Å²) in [5, 5.41) is 0. The van der Waals surface area contributed by atoms with Gasteiger partial charge in [0.1, 0.15) is 0 Å². The number of hydrogen-bond acceptors (Lipinski definition) is 2. The van der Waals surface area contributed by atoms with E-state index in [1.54, 1.807) is 0 Å². The molecule has 64 valence electrons. The molecular formula is C10H13NO. The van der Waals surface area contributed by atoms with Gasteiger partial charge in [0, 0.05) is 6.04 Å². The normalized spacial score (nSPS) is 23.6. The number of ether oxygens (including phenoxy) is 1. The van der Waals surface area contributed by atoms with Gasteiger partial charge in [0.05, 0.1) is 12.7 Å². The van der Waals surface area contributed by atoms with Crippen LogP contribution in [0.4, 0.5) is 0 Å². The maximum Gasteiger partial charge on any atom is 0.0963 e. The lowest BCUT2D eigenvalue weighted by Crippen LogP contribution is -2.28. The lowest BCUT2D eigenvalue weighted by atomic mass is 10.0. The van der Waals surface area contributed by atoms with Gasteiger partial charge in [-0.3, -0.25) is 0 Å². The predicted octanol–water partition coefficient (Wildman–Crippen LogP) is 0.955. The average molecular weight is 163 g/mol. The Kier molecular flexibility index (Phi) is 2.11. The Morgan fingerprint density at radius 3 is 2.67 bits per heavy atom. The first-order valence-corrected chi connectivity index (χ1v) is 4.27. The Morgan fingerprint density at radius 2 is 2.08 bits per heavy atom. The van der Waals surface area contributed by atoms with E-state index in [1.807, 2.05) is 18.2 Å². The van der Waals surface area contributed by atoms with E-state index in [-0.39, 0.29) is 6.04 Å². The molecule has 1 fully saturated rings. The fourth-order valence-corrected chi connectivity index (χ4v) is 1.32. The van der Waals surface area contributed by atoms with E-state index in [2.05, 4.69) is 12.1 Å². The Bertz CT molecular complexity index is 243. The summed E-state index contributed by atoms with van der Waals surface area (Å²) < 4.78 is 5.12. The number of epoxide rings is 1. The number of rotatable bonds is 3. The van der Waals surface area contributed by atoms with Crippen LogP contribution in [-0.2, 0) is 11.2 Å². The third-order valence-electron chi connectivity index (χ3n) is 2.15. The van der Waals surface area contributed by atoms with Crippen molar-refractivity contribution in [1.29, 1.82) is 0 Å². The summed E-state index contributed by atoms with van der Waals surface area (Å²) >= 11 is 0. The van der Waals surface area contributed by atoms with E-state index in [1.165, 1.54) is 5.56 Å². The molecule has 2 heteroatoms. The van der Waals surface area contributed by atoms with Gasteiger partial charge >= 0.3 is 0 Å². The van der Waals surface area contributed by atoms with Crippen molar-refractivity contribution in [2.24, 2.45) is 5.73 Å². The maximum absolute atomic E-state index is 5.89. The molecule has 0 spiro atoms. The molecular weight excluding hydrogens is 150 g/mol. The lowest BCUT2D eigenvalue weighted by Gasteiger charge is -2.07. The van der Waals surface area contributed by atoms with Crippen molar-refractivity contribution in [2.75, 3.05) is 6.61 Å². The predicted molar refractivity (Wildman–Crippen MR) is 47.9 cm³/mol. The smallest absolute Gasteiger partial charge is 0.0963 e. The molecule has 2 N–H and O–H groups in total. The van der Waals surface area contributed by atoms with Gasteiger partial charge in [-0.25, -0.2) is 0 Å². The van der Waals surface area contributed by atoms with Crippen molar-refractivity contribution >= 4 is 0 Å². The van der Waals surface area contributed by atoms with Crippen LogP contribution in [0.5, 0.6) is 0 Å². The monoisotopic (exact) mass is 163 g/mol. The summed E-state index contributed by atoms with van der Waals surface area (Å²) in [6.45, 7) is 0.841. The van der Waals surface area contributed by atoms with Gasteiger partial charge < -0.3 is 10.5 Å². The van der Waals surface area contributed by atoms with Crippen LogP contribution in [-0.4, -0.2) is 18.8 Å². The number of nitrogens with two attached hydrogens (primary N) is 1. The van der Waals surface area contributed by atoms with Gasteiger partial charge in [-0.05, 0) is 12.0 Å². The third-order valence-corrected chi connectivity index (χ3v) is 2.15. The van der Waals surface area contributed by atoms with Gasteiger partial charge in [0.25, 0.3) is 0 Å². The van der Waals surface area contributed by atoms with Gasteiger partial charge in [0.15, 0.2) is 0 Å². The molecule has 0 amide bonds. The molecule has 1 aliphatic heterocycles. The van der Waals surface area contributed by atoms with Gasteiger partial charge in [-0.2, -0.15) is 0 Å². The minimum atomic E-state index is 0.174. The molecule has 2 rings (SSSR count). The molecule has 2 nitrogen and oxygen atoms in total. The summed E-state index contributed by atoms with van der Waals surface area (Å²) in [6.07, 6.45) is 1.23. The molecule has 0 aliphatic carbocycles. The fraction of sp³-hybridized carbons (Fsp3) is 0.400. The van der Waals surface area contributed by atoms with Crippen LogP contribution in [0, 0.1) is 0 Å². The highest BCUT2D eigenvalue weighted by Gasteiger charge is 2.29. The summed E-state index contributed by atoms with van der Waals surface area (Å²) in [4.78, 5) is 0. The Labute approximate surface area is 72.3 Å². The van der Waals surface area contributed by atoms with E-state index >= 15 is 0 Å². The molecule has 1 aliphatic rings. The van der Waals surface area contributed by atoms with Crippen molar-refractivity contribution in [3.63, 3.8) is 0 Å². The third kappa shape index (κ3) is 1.84. The second kappa shape index (κ2) is 3.25. The van der Waals surface area contributed by atoms with Crippen LogP contribution in [0.3, 0.4) is 0 Å². The zero-order valence-corrected chi connectivity index (χ0v) is 6.94. The second-order valence-electron chi connectivity index (χ2n) is 3.23. The van der Waals surface area contributed by atoms with Crippen LogP contribution in [0.25, 0.3) is 0 Å². The SMILES string of the molecule is NC(Cc1ccccc1)[C@@H]1CO1. The van der Waals surface area contributed by atoms with Crippen LogP contribution in [0.2, 0.25) is 0 Å². The molecule has 12 heavy (non-hydrogen) atoms. The fourth-order valence-electron chi connectivity index (χ4n) is 1.32. The summed E-state index contributed by atoms with van der Waals surface area (Å²) in [7, 11) is 0. The van der Waals surface area contributed by atoms with E-state index in [4.69, 9.17) is 10.5 Å². The molecule has 1 heterocycles. The van der Waals surface area contributed by atoms with Crippen LogP contribution in [0.1, 0.15) is 5.56 Å². The van der Waals surface area contributed by atoms with Crippen molar-refractivity contribution in [1.82, 2.24) is 0 Å². The quantitative estimate of drug-likeness (QED) is 0.674. The highest BCUT2D eigenvalue weighted by Crippen LogP contribution is 2.15. The molecule has 0 saturated carbocycles. The summed E-state index contributed by atoms with van der Waals surface area (Å²) in [5.74, 6) is 0. The first-order valence-electron chi connectivity index (χ1n) is 4.27. The molecule has 1 aromatic rings. The molecule has 1 aromatic carbocycles. The zero-order chi connectivity index (χ0) is 8.39. The van der Waals surface area contributed by atoms with Gasteiger partial charge in [0.2, 0.25) is 0 Å². The molecule has 1 saturated heterocycles. The Hall–Kier alpha value is -0.860. The highest BCUT2D eigenvalue weighted by atomic mass is 16.6. The van der Waals surface area contributed by atoms with E-state index in [0.717, 1.165) is 13.0 Å². The molecule has 2 atom stereocenters. The molecule has 0 radical (unpaired) electrons. The average Bonchev–Trinajstić information content (AvgIpc) is 2.88. The zero-order valence-electron chi connectivity index (χ0n) is 6.94. The van der Waals surface area contributed by atoms with Crippen LogP contribution >= 0.6 is 0 Å². The molecule has 0 bridgehead atoms. The Balaban J connectivity index is 1.94. The first kappa shape index (κ1) is 7.77. The van der Waals surface area contributed by atoms with Crippen molar-refractivity contribution in [3.8, 4) is 0 Å². The van der Waals surface area contributed by atoms with Crippen molar-refractivity contribution < 1.29 is 4.74 Å². The molecule has 0 aromatic heterocycles. The first-order chi connectivity index (χ1) is 5.86. The minimum Gasteiger partial charge on any atom is -0.371 e. The van der Waals surface area contributed by atoms with Crippen LogP contribution < -0.4 is 5.73 Å². The highest BCUT2D eigenvalue weighted by molar-refractivity contribution is 5.16. The van der Waals surface area contributed by atoms with Crippen molar-refractivity contribution in [3.05, 3.63) is 35.9 Å². The maximum atomic E-state index is 5.89. The molecule has 1 unspecified atom stereocenters. The van der Waals surface area contributed by atoms with E-state index in [0.29, 0.717) is 6.10 Å². The minimum absolute atomic E-state index is 0.174. The standard InChI is InChI=1S/C10H13NO/c11-9(10-7-12-10)6-8-4-2-1-3-5-8/h1-5,9-10H,6-7,11H2/t9?,10-/m0/s1.